The Morgan fingerprint density at radius 2 is 1.58 bits per heavy atom. The van der Waals surface area contributed by atoms with Crippen LogP contribution in [0.2, 0.25) is 0 Å². The lowest BCUT2D eigenvalue weighted by molar-refractivity contribution is -0.137. The van der Waals surface area contributed by atoms with Gasteiger partial charge in [0.1, 0.15) is 5.75 Å². The van der Waals surface area contributed by atoms with E-state index < -0.39 is 5.97 Å². The third-order valence-electron chi connectivity index (χ3n) is 3.88. The highest BCUT2D eigenvalue weighted by atomic mass is 16.5. The third kappa shape index (κ3) is 6.55. The summed E-state index contributed by atoms with van der Waals surface area (Å²) in [6.45, 7) is 3.73. The summed E-state index contributed by atoms with van der Waals surface area (Å²) < 4.78 is 10.5. The first-order chi connectivity index (χ1) is 12.7. The van der Waals surface area contributed by atoms with Crippen molar-refractivity contribution in [3.63, 3.8) is 0 Å². The molecule has 2 aromatic carbocycles. The molecule has 0 heterocycles. The molecule has 0 spiro atoms. The maximum absolute atomic E-state index is 12.1. The fourth-order valence-corrected chi connectivity index (χ4v) is 2.54. The van der Waals surface area contributed by atoms with Gasteiger partial charge in [-0.15, -0.1) is 0 Å². The van der Waals surface area contributed by atoms with Gasteiger partial charge >= 0.3 is 11.9 Å². The first-order valence-corrected chi connectivity index (χ1v) is 8.85. The monoisotopic (exact) mass is 352 g/mol. The highest BCUT2D eigenvalue weighted by molar-refractivity contribution is 5.81. The number of hydrogen-bond donors (Lipinski definition) is 0. The van der Waals surface area contributed by atoms with Crippen molar-refractivity contribution in [2.24, 2.45) is 0 Å². The van der Waals surface area contributed by atoms with E-state index in [1.807, 2.05) is 54.6 Å². The lowest BCUT2D eigenvalue weighted by Crippen LogP contribution is -2.08. The molecule has 0 amide bonds. The van der Waals surface area contributed by atoms with E-state index in [1.165, 1.54) is 0 Å². The number of unbranched alkanes of at least 4 members (excludes halogenated alkanes) is 3. The van der Waals surface area contributed by atoms with Crippen LogP contribution in [0.4, 0.5) is 0 Å². The van der Waals surface area contributed by atoms with Crippen LogP contribution in [0.5, 0.6) is 5.75 Å². The average molecular weight is 352 g/mol. The maximum Gasteiger partial charge on any atom is 0.330 e. The van der Waals surface area contributed by atoms with Crippen molar-refractivity contribution >= 4 is 11.9 Å². The van der Waals surface area contributed by atoms with Crippen LogP contribution >= 0.6 is 0 Å². The van der Waals surface area contributed by atoms with E-state index in [1.54, 1.807) is 0 Å². The minimum absolute atomic E-state index is 0.230. The summed E-state index contributed by atoms with van der Waals surface area (Å²) in [5, 5.41) is 0. The second kappa shape index (κ2) is 10.9. The zero-order valence-corrected chi connectivity index (χ0v) is 14.9. The standard InChI is InChI=1S/C22H24O4/c1-2-21(23)25-17-11-4-3-8-16-22(24)26-20-15-10-9-14-19(20)18-12-6-5-7-13-18/h2,5-7,9-10,12-15H,1,3-4,8,11,16-17H2. The molecule has 0 saturated carbocycles. The lowest BCUT2D eigenvalue weighted by Gasteiger charge is -2.10. The Labute approximate surface area is 154 Å². The molecule has 0 aliphatic heterocycles. The number of carbonyl (C=O) groups excluding carboxylic acids is 2. The van der Waals surface area contributed by atoms with Gasteiger partial charge in [0.05, 0.1) is 6.61 Å². The Morgan fingerprint density at radius 1 is 0.885 bits per heavy atom. The van der Waals surface area contributed by atoms with Crippen LogP contribution in [0.3, 0.4) is 0 Å². The van der Waals surface area contributed by atoms with Gasteiger partial charge in [-0.3, -0.25) is 4.79 Å². The van der Waals surface area contributed by atoms with Gasteiger partial charge in [0.2, 0.25) is 0 Å². The van der Waals surface area contributed by atoms with Crippen LogP contribution in [0.15, 0.2) is 67.3 Å². The normalized spacial score (nSPS) is 10.2. The Balaban J connectivity index is 1.74. The van der Waals surface area contributed by atoms with Crippen molar-refractivity contribution in [1.29, 1.82) is 0 Å². The number of carbonyl (C=O) groups is 2. The Kier molecular flexibility index (Phi) is 8.13. The van der Waals surface area contributed by atoms with Crippen LogP contribution in [0.25, 0.3) is 11.1 Å². The number of hydrogen-bond acceptors (Lipinski definition) is 4. The molecule has 0 unspecified atom stereocenters. The summed E-state index contributed by atoms with van der Waals surface area (Å²) in [6, 6.07) is 17.4. The molecule has 0 fully saturated rings. The Bertz CT molecular complexity index is 722. The number of benzene rings is 2. The number of esters is 2. The highest BCUT2D eigenvalue weighted by Crippen LogP contribution is 2.29. The molecule has 0 atom stereocenters. The molecule has 0 bridgehead atoms. The van der Waals surface area contributed by atoms with Gasteiger partial charge in [0.15, 0.2) is 0 Å². The van der Waals surface area contributed by atoms with E-state index in [9.17, 15) is 9.59 Å². The minimum Gasteiger partial charge on any atom is -0.463 e. The van der Waals surface area contributed by atoms with E-state index in [0.717, 1.165) is 42.9 Å². The topological polar surface area (TPSA) is 52.6 Å². The highest BCUT2D eigenvalue weighted by Gasteiger charge is 2.10. The van der Waals surface area contributed by atoms with Gasteiger partial charge in [0, 0.05) is 18.1 Å². The van der Waals surface area contributed by atoms with Crippen LogP contribution in [-0.4, -0.2) is 18.5 Å². The van der Waals surface area contributed by atoms with Gasteiger partial charge in [-0.1, -0.05) is 68.0 Å². The zero-order chi connectivity index (χ0) is 18.6. The molecule has 2 rings (SSSR count). The first-order valence-electron chi connectivity index (χ1n) is 8.85. The van der Waals surface area contributed by atoms with Crippen LogP contribution in [0, 0.1) is 0 Å². The average Bonchev–Trinajstić information content (AvgIpc) is 2.68. The Hall–Kier alpha value is -2.88. The van der Waals surface area contributed by atoms with Crippen molar-refractivity contribution < 1.29 is 19.1 Å². The van der Waals surface area contributed by atoms with Crippen molar-refractivity contribution in [2.75, 3.05) is 6.61 Å². The second-order valence-electron chi connectivity index (χ2n) is 5.87. The SMILES string of the molecule is C=CC(=O)OCCCCCCC(=O)Oc1ccccc1-c1ccccc1. The smallest absolute Gasteiger partial charge is 0.330 e. The number of para-hydroxylation sites is 1. The zero-order valence-electron chi connectivity index (χ0n) is 14.9. The second-order valence-corrected chi connectivity index (χ2v) is 5.87. The molecule has 0 aliphatic carbocycles. The summed E-state index contributed by atoms with van der Waals surface area (Å²) in [4.78, 5) is 23.0. The van der Waals surface area contributed by atoms with Crippen molar-refractivity contribution in [2.45, 2.75) is 32.1 Å². The van der Waals surface area contributed by atoms with Gasteiger partial charge in [-0.25, -0.2) is 4.79 Å². The van der Waals surface area contributed by atoms with Gasteiger partial charge in [-0.2, -0.15) is 0 Å². The van der Waals surface area contributed by atoms with E-state index >= 15 is 0 Å². The molecule has 26 heavy (non-hydrogen) atoms. The summed E-state index contributed by atoms with van der Waals surface area (Å²) in [5.74, 6) is -0.0443. The van der Waals surface area contributed by atoms with E-state index in [4.69, 9.17) is 9.47 Å². The van der Waals surface area contributed by atoms with Gasteiger partial charge < -0.3 is 9.47 Å². The third-order valence-corrected chi connectivity index (χ3v) is 3.88. The van der Waals surface area contributed by atoms with E-state index in [0.29, 0.717) is 18.8 Å². The lowest BCUT2D eigenvalue weighted by atomic mass is 10.0. The first kappa shape index (κ1) is 19.4. The summed E-state index contributed by atoms with van der Waals surface area (Å²) in [7, 11) is 0. The molecule has 4 nitrogen and oxygen atoms in total. The number of rotatable bonds is 10. The molecular weight excluding hydrogens is 328 g/mol. The molecular formula is C22H24O4. The summed E-state index contributed by atoms with van der Waals surface area (Å²) in [6.07, 6.45) is 4.85. The van der Waals surface area contributed by atoms with E-state index in [-0.39, 0.29) is 5.97 Å². The molecule has 0 saturated heterocycles. The van der Waals surface area contributed by atoms with Gasteiger partial charge in [0.25, 0.3) is 0 Å². The molecule has 0 aliphatic rings. The molecule has 0 N–H and O–H groups in total. The van der Waals surface area contributed by atoms with Crippen molar-refractivity contribution in [3.05, 3.63) is 67.3 Å². The Morgan fingerprint density at radius 3 is 2.35 bits per heavy atom. The van der Waals surface area contributed by atoms with Crippen LogP contribution in [-0.2, 0) is 14.3 Å². The summed E-state index contributed by atoms with van der Waals surface area (Å²) in [5.41, 5.74) is 1.93. The minimum atomic E-state index is -0.398. The van der Waals surface area contributed by atoms with Crippen molar-refractivity contribution in [1.82, 2.24) is 0 Å². The van der Waals surface area contributed by atoms with E-state index in [2.05, 4.69) is 6.58 Å². The molecule has 4 heteroatoms. The van der Waals surface area contributed by atoms with Crippen LogP contribution in [0.1, 0.15) is 32.1 Å². The van der Waals surface area contributed by atoms with Crippen LogP contribution < -0.4 is 4.74 Å². The summed E-state index contributed by atoms with van der Waals surface area (Å²) >= 11 is 0. The predicted molar refractivity (Wildman–Crippen MR) is 102 cm³/mol. The predicted octanol–water partition coefficient (Wildman–Crippen LogP) is 4.94. The van der Waals surface area contributed by atoms with Gasteiger partial charge in [-0.05, 0) is 24.5 Å². The molecule has 0 radical (unpaired) electrons. The molecule has 0 aromatic heterocycles. The maximum atomic E-state index is 12.1. The quantitative estimate of drug-likeness (QED) is 0.263. The molecule has 2 aromatic rings. The fraction of sp³-hybridized carbons (Fsp3) is 0.273. The number of ether oxygens (including phenoxy) is 2. The largest absolute Gasteiger partial charge is 0.463 e. The molecule has 136 valence electrons. The van der Waals surface area contributed by atoms with Crippen molar-refractivity contribution in [3.8, 4) is 16.9 Å². The fourth-order valence-electron chi connectivity index (χ4n) is 2.54.